The van der Waals surface area contributed by atoms with Crippen LogP contribution in [0.3, 0.4) is 0 Å². The largest absolute Gasteiger partial charge is 0.465 e. The van der Waals surface area contributed by atoms with Crippen molar-refractivity contribution in [2.45, 2.75) is 25.9 Å². The van der Waals surface area contributed by atoms with Crippen LogP contribution in [-0.4, -0.2) is 57.1 Å². The number of rotatable bonds is 8. The van der Waals surface area contributed by atoms with Gasteiger partial charge in [-0.15, -0.1) is 0 Å². The van der Waals surface area contributed by atoms with E-state index in [0.717, 1.165) is 13.2 Å². The lowest BCUT2D eigenvalue weighted by Gasteiger charge is -2.26. The van der Waals surface area contributed by atoms with Crippen molar-refractivity contribution in [3.63, 3.8) is 0 Å². The molecule has 0 aliphatic heterocycles. The smallest absolute Gasteiger partial charge is 0.433 e. The highest BCUT2D eigenvalue weighted by molar-refractivity contribution is 5.96. The summed E-state index contributed by atoms with van der Waals surface area (Å²) in [6, 6.07) is 0. The summed E-state index contributed by atoms with van der Waals surface area (Å²) in [5.41, 5.74) is -1.80. The predicted octanol–water partition coefficient (Wildman–Crippen LogP) is 1.35. The van der Waals surface area contributed by atoms with Gasteiger partial charge < -0.3 is 9.47 Å². The standard InChI is InChI=1S/C14H20F3N3O6/c1-4-25-12(21)10(13(22)26-5-2)9(7-20(23)24)8-6-18-19(3)11(8)14(15,16)17/h6,9-10,23-24H,4-5,7H2,1-3H3. The van der Waals surface area contributed by atoms with Crippen LogP contribution in [0, 0.1) is 5.92 Å². The normalized spacial score (nSPS) is 13.2. The molecule has 1 atom stereocenters. The van der Waals surface area contributed by atoms with Crippen LogP contribution >= 0.6 is 0 Å². The van der Waals surface area contributed by atoms with Crippen LogP contribution in [-0.2, 0) is 32.3 Å². The summed E-state index contributed by atoms with van der Waals surface area (Å²) < 4.78 is 50.1. The zero-order valence-corrected chi connectivity index (χ0v) is 14.4. The third kappa shape index (κ3) is 5.16. The van der Waals surface area contributed by atoms with E-state index in [4.69, 9.17) is 19.9 Å². The summed E-state index contributed by atoms with van der Waals surface area (Å²) >= 11 is 0. The maximum absolute atomic E-state index is 13.4. The molecule has 1 aromatic heterocycles. The van der Waals surface area contributed by atoms with E-state index in [1.54, 1.807) is 0 Å². The molecule has 2 N–H and O–H groups in total. The number of carbonyl (C=O) groups excluding carboxylic acids is 2. The average Bonchev–Trinajstić information content (AvgIpc) is 2.88. The van der Waals surface area contributed by atoms with E-state index in [1.165, 1.54) is 13.8 Å². The number of aromatic nitrogens is 2. The summed E-state index contributed by atoms with van der Waals surface area (Å²) in [6.45, 7) is 1.73. The van der Waals surface area contributed by atoms with Crippen molar-refractivity contribution in [2.75, 3.05) is 19.8 Å². The minimum atomic E-state index is -4.86. The van der Waals surface area contributed by atoms with E-state index in [2.05, 4.69) is 5.10 Å². The Kier molecular flexibility index (Phi) is 7.54. The van der Waals surface area contributed by atoms with Crippen molar-refractivity contribution in [3.8, 4) is 0 Å². The summed E-state index contributed by atoms with van der Waals surface area (Å²) in [5.74, 6) is -5.76. The van der Waals surface area contributed by atoms with Crippen LogP contribution < -0.4 is 0 Å². The highest BCUT2D eigenvalue weighted by atomic mass is 19.4. The topological polar surface area (TPSA) is 114 Å². The molecule has 1 rings (SSSR count). The molecule has 0 radical (unpaired) electrons. The molecule has 1 aromatic rings. The molecule has 9 nitrogen and oxygen atoms in total. The Morgan fingerprint density at radius 1 is 1.23 bits per heavy atom. The lowest BCUT2D eigenvalue weighted by molar-refractivity contribution is -0.309. The van der Waals surface area contributed by atoms with Crippen LogP contribution in [0.5, 0.6) is 0 Å². The van der Waals surface area contributed by atoms with Crippen LogP contribution in [0.15, 0.2) is 6.20 Å². The Morgan fingerprint density at radius 3 is 2.12 bits per heavy atom. The maximum Gasteiger partial charge on any atom is 0.433 e. The molecule has 12 heteroatoms. The van der Waals surface area contributed by atoms with Gasteiger partial charge in [0.15, 0.2) is 5.92 Å². The zero-order valence-electron chi connectivity index (χ0n) is 14.4. The monoisotopic (exact) mass is 383 g/mol. The fourth-order valence-corrected chi connectivity index (χ4v) is 2.52. The first-order valence-electron chi connectivity index (χ1n) is 7.62. The number of esters is 2. The van der Waals surface area contributed by atoms with Crippen molar-refractivity contribution in [1.82, 2.24) is 15.0 Å². The van der Waals surface area contributed by atoms with Gasteiger partial charge in [0.25, 0.3) is 0 Å². The second-order valence-corrected chi connectivity index (χ2v) is 5.21. The molecule has 26 heavy (non-hydrogen) atoms. The van der Waals surface area contributed by atoms with Gasteiger partial charge in [-0.2, -0.15) is 18.3 Å². The second-order valence-electron chi connectivity index (χ2n) is 5.21. The van der Waals surface area contributed by atoms with E-state index in [0.29, 0.717) is 4.68 Å². The lowest BCUT2D eigenvalue weighted by atomic mass is 9.85. The zero-order chi connectivity index (χ0) is 20.1. The molecule has 1 heterocycles. The summed E-state index contributed by atoms with van der Waals surface area (Å²) in [5, 5.41) is 21.4. The molecule has 0 spiro atoms. The Balaban J connectivity index is 3.51. The minimum Gasteiger partial charge on any atom is -0.465 e. The third-order valence-electron chi connectivity index (χ3n) is 3.48. The number of hydrogen-bond acceptors (Lipinski definition) is 8. The third-order valence-corrected chi connectivity index (χ3v) is 3.48. The van der Waals surface area contributed by atoms with Crippen LogP contribution in [0.1, 0.15) is 31.0 Å². The average molecular weight is 383 g/mol. The quantitative estimate of drug-likeness (QED) is 0.393. The van der Waals surface area contributed by atoms with Gasteiger partial charge in [0.1, 0.15) is 5.69 Å². The van der Waals surface area contributed by atoms with Crippen molar-refractivity contribution < 1.29 is 42.6 Å². The van der Waals surface area contributed by atoms with Gasteiger partial charge in [-0.1, -0.05) is 5.23 Å². The molecular formula is C14H20F3N3O6. The van der Waals surface area contributed by atoms with Crippen LogP contribution in [0.4, 0.5) is 13.2 Å². The number of aryl methyl sites for hydroxylation is 1. The SMILES string of the molecule is CCOC(=O)C(C(=O)OCC)C(CN(O)O)c1cnn(C)c1C(F)(F)F. The second kappa shape index (κ2) is 8.96. The number of halogens is 3. The molecule has 0 bridgehead atoms. The fraction of sp³-hybridized carbons (Fsp3) is 0.643. The van der Waals surface area contributed by atoms with Crippen molar-refractivity contribution in [1.29, 1.82) is 0 Å². The van der Waals surface area contributed by atoms with Crippen molar-refractivity contribution in [2.24, 2.45) is 13.0 Å². The molecule has 0 aromatic carbocycles. The van der Waals surface area contributed by atoms with Crippen molar-refractivity contribution >= 4 is 11.9 Å². The Bertz CT molecular complexity index is 614. The Hall–Kier alpha value is -2.18. The van der Waals surface area contributed by atoms with Crippen LogP contribution in [0.2, 0.25) is 0 Å². The van der Waals surface area contributed by atoms with Gasteiger partial charge in [-0.25, -0.2) is 0 Å². The first-order chi connectivity index (χ1) is 12.0. The summed E-state index contributed by atoms with van der Waals surface area (Å²) in [6.07, 6.45) is -4.05. The van der Waals surface area contributed by atoms with Gasteiger partial charge in [-0.3, -0.25) is 24.7 Å². The molecule has 0 amide bonds. The van der Waals surface area contributed by atoms with E-state index in [1.807, 2.05) is 0 Å². The number of hydrogen-bond donors (Lipinski definition) is 2. The van der Waals surface area contributed by atoms with E-state index in [9.17, 15) is 22.8 Å². The maximum atomic E-state index is 13.4. The number of hydroxylamine groups is 2. The molecule has 148 valence electrons. The highest BCUT2D eigenvalue weighted by Crippen LogP contribution is 2.38. The molecular weight excluding hydrogens is 363 g/mol. The molecule has 0 saturated carbocycles. The van der Waals surface area contributed by atoms with E-state index >= 15 is 0 Å². The van der Waals surface area contributed by atoms with Gasteiger partial charge in [0.2, 0.25) is 0 Å². The Labute approximate surface area is 146 Å². The van der Waals surface area contributed by atoms with Gasteiger partial charge in [0, 0.05) is 18.5 Å². The molecule has 0 aliphatic carbocycles. The van der Waals surface area contributed by atoms with Gasteiger partial charge in [-0.05, 0) is 13.8 Å². The highest BCUT2D eigenvalue weighted by Gasteiger charge is 2.46. The van der Waals surface area contributed by atoms with Gasteiger partial charge >= 0.3 is 18.1 Å². The fourth-order valence-electron chi connectivity index (χ4n) is 2.52. The minimum absolute atomic E-state index is 0.136. The lowest BCUT2D eigenvalue weighted by Crippen LogP contribution is -2.39. The molecule has 0 fully saturated rings. The number of nitrogens with zero attached hydrogens (tertiary/aromatic N) is 3. The summed E-state index contributed by atoms with van der Waals surface area (Å²) in [4.78, 5) is 24.4. The number of carbonyl (C=O) groups is 2. The molecule has 0 saturated heterocycles. The number of ether oxygens (including phenoxy) is 2. The Morgan fingerprint density at radius 2 is 1.73 bits per heavy atom. The first-order valence-corrected chi connectivity index (χ1v) is 7.62. The first kappa shape index (κ1) is 21.9. The van der Waals surface area contributed by atoms with Crippen molar-refractivity contribution in [3.05, 3.63) is 17.5 Å². The van der Waals surface area contributed by atoms with Gasteiger partial charge in [0.05, 0.1) is 26.0 Å². The molecule has 1 unspecified atom stereocenters. The number of alkyl halides is 3. The molecule has 0 aliphatic rings. The predicted molar refractivity (Wildman–Crippen MR) is 78.0 cm³/mol. The van der Waals surface area contributed by atoms with Crippen LogP contribution in [0.25, 0.3) is 0 Å². The van der Waals surface area contributed by atoms with E-state index < -0.39 is 53.0 Å². The summed E-state index contributed by atoms with van der Waals surface area (Å²) in [7, 11) is 1.03. The van der Waals surface area contributed by atoms with E-state index in [-0.39, 0.29) is 13.2 Å².